The highest BCUT2D eigenvalue weighted by molar-refractivity contribution is 5.26. The van der Waals surface area contributed by atoms with Gasteiger partial charge in [0.2, 0.25) is 0 Å². The summed E-state index contributed by atoms with van der Waals surface area (Å²) in [4.78, 5) is 0. The maximum absolute atomic E-state index is 13.9. The van der Waals surface area contributed by atoms with Crippen LogP contribution in [0.3, 0.4) is 0 Å². The summed E-state index contributed by atoms with van der Waals surface area (Å²) >= 11 is 0. The number of rotatable bonds is 6. The standard InChI is InChI=1S/C15H18F3N3/c1-3-19-14(5-10-8-20-21(4-2)9-10)15-12(17)6-11(16)7-13(15)18/h6-9,14,19H,3-5H2,1-2H3. The Morgan fingerprint density at radius 2 is 1.86 bits per heavy atom. The lowest BCUT2D eigenvalue weighted by Crippen LogP contribution is -2.25. The Morgan fingerprint density at radius 1 is 1.19 bits per heavy atom. The van der Waals surface area contributed by atoms with Gasteiger partial charge in [0, 0.05) is 36.5 Å². The molecule has 114 valence electrons. The molecule has 0 aliphatic rings. The first-order valence-corrected chi connectivity index (χ1v) is 6.94. The van der Waals surface area contributed by atoms with E-state index in [-0.39, 0.29) is 5.56 Å². The van der Waals surface area contributed by atoms with Gasteiger partial charge >= 0.3 is 0 Å². The first-order valence-electron chi connectivity index (χ1n) is 6.94. The minimum absolute atomic E-state index is 0.137. The molecule has 0 aliphatic heterocycles. The summed E-state index contributed by atoms with van der Waals surface area (Å²) in [5, 5.41) is 7.18. The fourth-order valence-corrected chi connectivity index (χ4v) is 2.33. The molecule has 0 spiro atoms. The van der Waals surface area contributed by atoms with E-state index in [1.165, 1.54) is 0 Å². The van der Waals surface area contributed by atoms with E-state index < -0.39 is 23.5 Å². The van der Waals surface area contributed by atoms with Gasteiger partial charge in [0.15, 0.2) is 0 Å². The molecule has 0 amide bonds. The van der Waals surface area contributed by atoms with Crippen LogP contribution in [-0.2, 0) is 13.0 Å². The molecule has 6 heteroatoms. The molecule has 1 unspecified atom stereocenters. The lowest BCUT2D eigenvalue weighted by Gasteiger charge is -2.19. The molecule has 1 aromatic heterocycles. The number of halogens is 3. The van der Waals surface area contributed by atoms with E-state index in [2.05, 4.69) is 10.4 Å². The predicted octanol–water partition coefficient (Wildman–Crippen LogP) is 3.21. The van der Waals surface area contributed by atoms with Gasteiger partial charge in [-0.1, -0.05) is 6.92 Å². The molecule has 0 aliphatic carbocycles. The lowest BCUT2D eigenvalue weighted by atomic mass is 9.99. The van der Waals surface area contributed by atoms with E-state index in [9.17, 15) is 13.2 Å². The van der Waals surface area contributed by atoms with Crippen molar-refractivity contribution in [3.05, 3.63) is 53.1 Å². The fraction of sp³-hybridized carbons (Fsp3) is 0.400. The Bertz CT molecular complexity index is 587. The first-order chi connectivity index (χ1) is 10.0. The van der Waals surface area contributed by atoms with Crippen LogP contribution in [0.15, 0.2) is 24.5 Å². The normalized spacial score (nSPS) is 12.6. The third-order valence-corrected chi connectivity index (χ3v) is 3.29. The number of nitrogens with zero attached hydrogens (tertiary/aromatic N) is 2. The number of nitrogens with one attached hydrogen (secondary N) is 1. The van der Waals surface area contributed by atoms with Gasteiger partial charge in [-0.15, -0.1) is 0 Å². The van der Waals surface area contributed by atoms with Crippen LogP contribution in [0.25, 0.3) is 0 Å². The van der Waals surface area contributed by atoms with Crippen molar-refractivity contribution in [1.82, 2.24) is 15.1 Å². The van der Waals surface area contributed by atoms with Crippen LogP contribution >= 0.6 is 0 Å². The molecule has 0 fully saturated rings. The van der Waals surface area contributed by atoms with Gasteiger partial charge in [-0.2, -0.15) is 5.10 Å². The van der Waals surface area contributed by atoms with Crippen LogP contribution in [-0.4, -0.2) is 16.3 Å². The Morgan fingerprint density at radius 3 is 2.38 bits per heavy atom. The summed E-state index contributed by atoms with van der Waals surface area (Å²) in [6.07, 6.45) is 3.89. The molecular weight excluding hydrogens is 279 g/mol. The van der Waals surface area contributed by atoms with Crippen molar-refractivity contribution in [3.8, 4) is 0 Å². The van der Waals surface area contributed by atoms with Crippen LogP contribution in [0.4, 0.5) is 13.2 Å². The number of hydrogen-bond acceptors (Lipinski definition) is 2. The zero-order valence-electron chi connectivity index (χ0n) is 12.0. The first kappa shape index (κ1) is 15.6. The Hall–Kier alpha value is -1.82. The quantitative estimate of drug-likeness (QED) is 0.887. The van der Waals surface area contributed by atoms with Crippen molar-refractivity contribution >= 4 is 0 Å². The smallest absolute Gasteiger partial charge is 0.133 e. The summed E-state index contributed by atoms with van der Waals surface area (Å²) in [5.74, 6) is -2.66. The van der Waals surface area contributed by atoms with Crippen molar-refractivity contribution in [2.45, 2.75) is 32.9 Å². The van der Waals surface area contributed by atoms with Gasteiger partial charge < -0.3 is 5.32 Å². The predicted molar refractivity (Wildman–Crippen MR) is 74.3 cm³/mol. The molecule has 0 saturated heterocycles. The molecule has 0 radical (unpaired) electrons. The van der Waals surface area contributed by atoms with Crippen LogP contribution in [0.5, 0.6) is 0 Å². The van der Waals surface area contributed by atoms with Crippen molar-refractivity contribution in [3.63, 3.8) is 0 Å². The van der Waals surface area contributed by atoms with E-state index in [1.807, 2.05) is 20.0 Å². The van der Waals surface area contributed by atoms with Gasteiger partial charge in [-0.25, -0.2) is 13.2 Å². The molecule has 21 heavy (non-hydrogen) atoms. The fourth-order valence-electron chi connectivity index (χ4n) is 2.33. The van der Waals surface area contributed by atoms with Gasteiger partial charge in [0.1, 0.15) is 17.5 Å². The largest absolute Gasteiger partial charge is 0.310 e. The van der Waals surface area contributed by atoms with Crippen molar-refractivity contribution in [2.75, 3.05) is 6.54 Å². The van der Waals surface area contributed by atoms with E-state index in [4.69, 9.17) is 0 Å². The monoisotopic (exact) mass is 297 g/mol. The van der Waals surface area contributed by atoms with E-state index >= 15 is 0 Å². The van der Waals surface area contributed by atoms with Crippen molar-refractivity contribution < 1.29 is 13.2 Å². The van der Waals surface area contributed by atoms with Gasteiger partial charge in [-0.05, 0) is 25.5 Å². The maximum atomic E-state index is 13.9. The number of hydrogen-bond donors (Lipinski definition) is 1. The zero-order valence-corrected chi connectivity index (χ0v) is 12.0. The highest BCUT2D eigenvalue weighted by Gasteiger charge is 2.21. The molecule has 1 aromatic carbocycles. The zero-order chi connectivity index (χ0) is 15.4. The molecule has 3 nitrogen and oxygen atoms in total. The highest BCUT2D eigenvalue weighted by atomic mass is 19.1. The van der Waals surface area contributed by atoms with Gasteiger partial charge in [0.05, 0.1) is 6.20 Å². The summed E-state index contributed by atoms with van der Waals surface area (Å²) in [6, 6.07) is 0.848. The third-order valence-electron chi connectivity index (χ3n) is 3.29. The number of benzene rings is 1. The summed E-state index contributed by atoms with van der Waals surface area (Å²) < 4.78 is 42.6. The summed E-state index contributed by atoms with van der Waals surface area (Å²) in [6.45, 7) is 5.08. The van der Waals surface area contributed by atoms with Gasteiger partial charge in [0.25, 0.3) is 0 Å². The number of likely N-dealkylation sites (N-methyl/N-ethyl adjacent to an activating group) is 1. The molecule has 0 bridgehead atoms. The SMILES string of the molecule is CCNC(Cc1cnn(CC)c1)c1c(F)cc(F)cc1F. The Kier molecular flexibility index (Phi) is 5.01. The van der Waals surface area contributed by atoms with Crippen molar-refractivity contribution in [2.24, 2.45) is 0 Å². The second-order valence-corrected chi connectivity index (χ2v) is 4.80. The van der Waals surface area contributed by atoms with Crippen molar-refractivity contribution in [1.29, 1.82) is 0 Å². The second kappa shape index (κ2) is 6.76. The highest BCUT2D eigenvalue weighted by Crippen LogP contribution is 2.25. The van der Waals surface area contributed by atoms with Crippen LogP contribution in [0.2, 0.25) is 0 Å². The van der Waals surface area contributed by atoms with Gasteiger partial charge in [-0.3, -0.25) is 4.68 Å². The Balaban J connectivity index is 2.30. The number of aryl methyl sites for hydroxylation is 1. The minimum atomic E-state index is -0.914. The van der Waals surface area contributed by atoms with Crippen LogP contribution in [0.1, 0.15) is 31.0 Å². The molecule has 2 rings (SSSR count). The van der Waals surface area contributed by atoms with Crippen LogP contribution < -0.4 is 5.32 Å². The second-order valence-electron chi connectivity index (χ2n) is 4.80. The molecule has 1 atom stereocenters. The van der Waals surface area contributed by atoms with E-state index in [0.717, 1.165) is 12.1 Å². The van der Waals surface area contributed by atoms with E-state index in [1.54, 1.807) is 10.9 Å². The molecule has 2 aromatic rings. The molecule has 1 N–H and O–H groups in total. The average Bonchev–Trinajstić information content (AvgIpc) is 2.85. The Labute approximate surface area is 121 Å². The lowest BCUT2D eigenvalue weighted by molar-refractivity contribution is 0.462. The van der Waals surface area contributed by atoms with E-state index in [0.29, 0.717) is 25.1 Å². The molecular formula is C15H18F3N3. The van der Waals surface area contributed by atoms with Crippen LogP contribution in [0, 0.1) is 17.5 Å². The molecule has 0 saturated carbocycles. The minimum Gasteiger partial charge on any atom is -0.310 e. The molecule has 1 heterocycles. The number of aromatic nitrogens is 2. The summed E-state index contributed by atoms with van der Waals surface area (Å²) in [5.41, 5.74) is 0.730. The average molecular weight is 297 g/mol. The third kappa shape index (κ3) is 3.64. The maximum Gasteiger partial charge on any atom is 0.133 e. The topological polar surface area (TPSA) is 29.9 Å². The summed E-state index contributed by atoms with van der Waals surface area (Å²) in [7, 11) is 0.